The highest BCUT2D eigenvalue weighted by atomic mass is 79.9. The first kappa shape index (κ1) is 17.2. The van der Waals surface area contributed by atoms with Gasteiger partial charge in [0.2, 0.25) is 0 Å². The molecule has 1 aliphatic heterocycles. The summed E-state index contributed by atoms with van der Waals surface area (Å²) in [6.45, 7) is 0. The second kappa shape index (κ2) is 6.82. The number of fused-ring (bicyclic) bond motifs is 1. The third kappa shape index (κ3) is 3.02. The molecule has 0 saturated carbocycles. The van der Waals surface area contributed by atoms with E-state index in [1.807, 2.05) is 54.6 Å². The molecule has 0 saturated heterocycles. The van der Waals surface area contributed by atoms with Gasteiger partial charge in [0.05, 0.1) is 16.9 Å². The Balaban J connectivity index is 1.79. The molecule has 5 heteroatoms. The van der Waals surface area contributed by atoms with Gasteiger partial charge >= 0.3 is 5.91 Å². The van der Waals surface area contributed by atoms with Gasteiger partial charge in [0.15, 0.2) is 0 Å². The van der Waals surface area contributed by atoms with E-state index >= 15 is 0 Å². The molecule has 1 amide bonds. The predicted octanol–water partition coefficient (Wildman–Crippen LogP) is 5.66. The smallest absolute Gasteiger partial charge is 0.283 e. The standard InChI is InChI=1S/C21H13Br2NO2/c22-15-7-5-13(6-8-15)11-14-3-1-2-4-18(14)24-19-10-9-16(23)12-17(19)20(25)21(24)26/h1-10,12H,11H2. The minimum atomic E-state index is -0.513. The van der Waals surface area contributed by atoms with Crippen molar-refractivity contribution in [1.82, 2.24) is 0 Å². The van der Waals surface area contributed by atoms with Crippen molar-refractivity contribution in [2.75, 3.05) is 4.90 Å². The van der Waals surface area contributed by atoms with Gasteiger partial charge in [0.1, 0.15) is 0 Å². The molecule has 0 spiro atoms. The molecular weight excluding hydrogens is 458 g/mol. The van der Waals surface area contributed by atoms with Crippen LogP contribution >= 0.6 is 31.9 Å². The van der Waals surface area contributed by atoms with Crippen molar-refractivity contribution in [1.29, 1.82) is 0 Å². The lowest BCUT2D eigenvalue weighted by molar-refractivity contribution is -0.113. The molecule has 0 atom stereocenters. The van der Waals surface area contributed by atoms with Crippen LogP contribution in [0.15, 0.2) is 75.7 Å². The third-order valence-electron chi connectivity index (χ3n) is 4.38. The Bertz CT molecular complexity index is 1030. The van der Waals surface area contributed by atoms with Crippen LogP contribution < -0.4 is 4.90 Å². The number of ketones is 1. The summed E-state index contributed by atoms with van der Waals surface area (Å²) >= 11 is 6.81. The zero-order valence-corrected chi connectivity index (χ0v) is 16.7. The number of anilines is 2. The Morgan fingerprint density at radius 2 is 1.46 bits per heavy atom. The maximum atomic E-state index is 12.7. The second-order valence-electron chi connectivity index (χ2n) is 6.06. The summed E-state index contributed by atoms with van der Waals surface area (Å²) in [6.07, 6.45) is 0.674. The summed E-state index contributed by atoms with van der Waals surface area (Å²) < 4.78 is 1.80. The molecule has 3 aromatic carbocycles. The van der Waals surface area contributed by atoms with Gasteiger partial charge in [0.25, 0.3) is 5.78 Å². The highest BCUT2D eigenvalue weighted by molar-refractivity contribution is 9.10. The first-order valence-corrected chi connectivity index (χ1v) is 9.64. The van der Waals surface area contributed by atoms with Crippen LogP contribution in [0.1, 0.15) is 21.5 Å². The maximum absolute atomic E-state index is 12.7. The van der Waals surface area contributed by atoms with E-state index in [-0.39, 0.29) is 0 Å². The van der Waals surface area contributed by atoms with Crippen LogP contribution in [0.5, 0.6) is 0 Å². The van der Waals surface area contributed by atoms with E-state index in [9.17, 15) is 9.59 Å². The fourth-order valence-corrected chi connectivity index (χ4v) is 3.78. The Labute approximate surface area is 167 Å². The number of Topliss-reactive ketones (excluding diaryl/α,β-unsaturated/α-hetero) is 1. The number of rotatable bonds is 3. The van der Waals surface area contributed by atoms with Gasteiger partial charge in [-0.25, -0.2) is 0 Å². The summed E-state index contributed by atoms with van der Waals surface area (Å²) in [5.41, 5.74) is 3.94. The van der Waals surface area contributed by atoms with Crippen molar-refractivity contribution >= 4 is 54.9 Å². The molecule has 0 bridgehead atoms. The zero-order valence-electron chi connectivity index (χ0n) is 13.6. The molecular formula is C21H13Br2NO2. The van der Waals surface area contributed by atoms with Crippen LogP contribution in [-0.2, 0) is 11.2 Å². The van der Waals surface area contributed by atoms with E-state index in [1.54, 1.807) is 12.1 Å². The number of carbonyl (C=O) groups is 2. The molecule has 0 fully saturated rings. The Morgan fingerprint density at radius 1 is 0.769 bits per heavy atom. The summed E-state index contributed by atoms with van der Waals surface area (Å²) in [7, 11) is 0. The van der Waals surface area contributed by atoms with Gasteiger partial charge in [-0.1, -0.05) is 62.2 Å². The lowest BCUT2D eigenvalue weighted by Gasteiger charge is -2.20. The number of nitrogens with zero attached hydrogens (tertiary/aromatic N) is 1. The zero-order chi connectivity index (χ0) is 18.3. The normalized spacial score (nSPS) is 13.2. The number of benzene rings is 3. The summed E-state index contributed by atoms with van der Waals surface area (Å²) in [6, 6.07) is 21.1. The largest absolute Gasteiger partial charge is 0.304 e. The number of halogens is 2. The molecule has 0 aliphatic carbocycles. The molecule has 0 aromatic heterocycles. The SMILES string of the molecule is O=C1C(=O)N(c2ccccc2Cc2ccc(Br)cc2)c2ccc(Br)cc21. The molecule has 1 heterocycles. The molecule has 0 unspecified atom stereocenters. The van der Waals surface area contributed by atoms with E-state index in [4.69, 9.17) is 0 Å². The van der Waals surface area contributed by atoms with Gasteiger partial charge in [-0.3, -0.25) is 14.5 Å². The average molecular weight is 471 g/mol. The van der Waals surface area contributed by atoms with Crippen LogP contribution in [0.25, 0.3) is 0 Å². The molecule has 0 N–H and O–H groups in total. The Morgan fingerprint density at radius 3 is 2.23 bits per heavy atom. The summed E-state index contributed by atoms with van der Waals surface area (Å²) in [4.78, 5) is 26.6. The van der Waals surface area contributed by atoms with Crippen LogP contribution in [-0.4, -0.2) is 11.7 Å². The maximum Gasteiger partial charge on any atom is 0.304 e. The van der Waals surface area contributed by atoms with E-state index < -0.39 is 11.7 Å². The van der Waals surface area contributed by atoms with E-state index in [1.165, 1.54) is 4.90 Å². The molecule has 3 nitrogen and oxygen atoms in total. The van der Waals surface area contributed by atoms with Crippen molar-refractivity contribution in [3.05, 3.63) is 92.4 Å². The topological polar surface area (TPSA) is 37.4 Å². The van der Waals surface area contributed by atoms with E-state index in [0.717, 1.165) is 25.8 Å². The van der Waals surface area contributed by atoms with E-state index in [2.05, 4.69) is 31.9 Å². The molecule has 4 rings (SSSR count). The van der Waals surface area contributed by atoms with Crippen LogP contribution in [0, 0.1) is 0 Å². The van der Waals surface area contributed by atoms with Crippen LogP contribution in [0.2, 0.25) is 0 Å². The summed E-state index contributed by atoms with van der Waals surface area (Å²) in [5, 5.41) is 0. The van der Waals surface area contributed by atoms with Gasteiger partial charge in [-0.15, -0.1) is 0 Å². The highest BCUT2D eigenvalue weighted by Crippen LogP contribution is 2.38. The lowest BCUT2D eigenvalue weighted by Crippen LogP contribution is -2.25. The monoisotopic (exact) mass is 469 g/mol. The third-order valence-corrected chi connectivity index (χ3v) is 5.40. The number of para-hydroxylation sites is 1. The van der Waals surface area contributed by atoms with Gasteiger partial charge in [-0.2, -0.15) is 0 Å². The first-order valence-electron chi connectivity index (χ1n) is 8.05. The minimum absolute atomic E-state index is 0.433. The molecule has 1 aliphatic rings. The van der Waals surface area contributed by atoms with Crippen molar-refractivity contribution < 1.29 is 9.59 Å². The molecule has 0 radical (unpaired) electrons. The van der Waals surface area contributed by atoms with E-state index in [0.29, 0.717) is 17.7 Å². The molecule has 26 heavy (non-hydrogen) atoms. The molecule has 3 aromatic rings. The minimum Gasteiger partial charge on any atom is -0.283 e. The Hall–Kier alpha value is -2.24. The lowest BCUT2D eigenvalue weighted by atomic mass is 10.0. The number of amides is 1. The molecule has 128 valence electrons. The van der Waals surface area contributed by atoms with Gasteiger partial charge < -0.3 is 0 Å². The highest BCUT2D eigenvalue weighted by Gasteiger charge is 2.37. The summed E-state index contributed by atoms with van der Waals surface area (Å²) in [5.74, 6) is -0.985. The fraction of sp³-hybridized carbons (Fsp3) is 0.0476. The number of hydrogen-bond donors (Lipinski definition) is 0. The fourth-order valence-electron chi connectivity index (χ4n) is 3.15. The van der Waals surface area contributed by atoms with Crippen molar-refractivity contribution in [2.24, 2.45) is 0 Å². The van der Waals surface area contributed by atoms with Crippen molar-refractivity contribution in [3.63, 3.8) is 0 Å². The van der Waals surface area contributed by atoms with Gasteiger partial charge in [0, 0.05) is 8.95 Å². The van der Waals surface area contributed by atoms with Crippen molar-refractivity contribution in [3.8, 4) is 0 Å². The Kier molecular flexibility index (Phi) is 4.51. The number of carbonyl (C=O) groups excluding carboxylic acids is 2. The van der Waals surface area contributed by atoms with Crippen LogP contribution in [0.3, 0.4) is 0 Å². The van der Waals surface area contributed by atoms with Crippen molar-refractivity contribution in [2.45, 2.75) is 6.42 Å². The average Bonchev–Trinajstić information content (AvgIpc) is 2.88. The number of hydrogen-bond acceptors (Lipinski definition) is 2. The van der Waals surface area contributed by atoms with Crippen LogP contribution in [0.4, 0.5) is 11.4 Å². The first-order chi connectivity index (χ1) is 12.5. The van der Waals surface area contributed by atoms with Gasteiger partial charge in [-0.05, 0) is 53.9 Å². The second-order valence-corrected chi connectivity index (χ2v) is 7.89. The predicted molar refractivity (Wildman–Crippen MR) is 109 cm³/mol. The quantitative estimate of drug-likeness (QED) is 0.463.